The standard InChI is InChI=1S/C22H20N2/c1-17-9-8-14-20(15-17)21(16-23)24-22(18-10-4-2-5-11-18)19-12-6-3-7-13-19/h2-15,21-22,24H,1H3/t21-/m0/s1. The third-order valence-electron chi connectivity index (χ3n) is 4.10. The SMILES string of the molecule is Cc1cccc([C@H](C#N)NC(c2ccccc2)c2ccccc2)c1. The molecule has 0 fully saturated rings. The highest BCUT2D eigenvalue weighted by Gasteiger charge is 2.19. The first-order chi connectivity index (χ1) is 11.8. The molecule has 0 aliphatic heterocycles. The Kier molecular flexibility index (Phi) is 5.05. The number of hydrogen-bond donors (Lipinski definition) is 1. The lowest BCUT2D eigenvalue weighted by Gasteiger charge is -2.23. The lowest BCUT2D eigenvalue weighted by molar-refractivity contribution is 0.559. The van der Waals surface area contributed by atoms with Crippen LogP contribution < -0.4 is 5.32 Å². The molecule has 1 N–H and O–H groups in total. The van der Waals surface area contributed by atoms with Crippen molar-refractivity contribution in [3.63, 3.8) is 0 Å². The smallest absolute Gasteiger partial charge is 0.122 e. The number of benzene rings is 3. The van der Waals surface area contributed by atoms with Gasteiger partial charge in [0.2, 0.25) is 0 Å². The molecule has 3 aromatic rings. The van der Waals surface area contributed by atoms with Crippen molar-refractivity contribution in [3.05, 3.63) is 107 Å². The number of hydrogen-bond acceptors (Lipinski definition) is 2. The molecule has 0 amide bonds. The van der Waals surface area contributed by atoms with Crippen molar-refractivity contribution in [1.29, 1.82) is 5.26 Å². The summed E-state index contributed by atoms with van der Waals surface area (Å²) in [5.41, 5.74) is 4.45. The van der Waals surface area contributed by atoms with Crippen molar-refractivity contribution in [3.8, 4) is 6.07 Å². The van der Waals surface area contributed by atoms with Gasteiger partial charge in [0.05, 0.1) is 12.1 Å². The van der Waals surface area contributed by atoms with Crippen LogP contribution in [0.25, 0.3) is 0 Å². The highest BCUT2D eigenvalue weighted by molar-refractivity contribution is 5.34. The Bertz CT molecular complexity index is 780. The fraction of sp³-hybridized carbons (Fsp3) is 0.136. The molecular formula is C22H20N2. The van der Waals surface area contributed by atoms with E-state index < -0.39 is 0 Å². The molecule has 0 unspecified atom stereocenters. The van der Waals surface area contributed by atoms with Crippen LogP contribution >= 0.6 is 0 Å². The van der Waals surface area contributed by atoms with Crippen molar-refractivity contribution < 1.29 is 0 Å². The van der Waals surface area contributed by atoms with E-state index in [1.54, 1.807) is 0 Å². The maximum Gasteiger partial charge on any atom is 0.122 e. The molecule has 0 radical (unpaired) electrons. The van der Waals surface area contributed by atoms with Gasteiger partial charge in [-0.1, -0.05) is 90.5 Å². The summed E-state index contributed by atoms with van der Waals surface area (Å²) in [5, 5.41) is 13.2. The van der Waals surface area contributed by atoms with Gasteiger partial charge in [0.1, 0.15) is 6.04 Å². The summed E-state index contributed by atoms with van der Waals surface area (Å²) >= 11 is 0. The molecule has 3 rings (SSSR count). The largest absolute Gasteiger partial charge is 0.287 e. The van der Waals surface area contributed by atoms with Crippen LogP contribution in [-0.2, 0) is 0 Å². The van der Waals surface area contributed by atoms with Crippen LogP contribution in [0.4, 0.5) is 0 Å². The molecule has 118 valence electrons. The Labute approximate surface area is 143 Å². The van der Waals surface area contributed by atoms with Crippen LogP contribution in [0.15, 0.2) is 84.9 Å². The summed E-state index contributed by atoms with van der Waals surface area (Å²) in [4.78, 5) is 0. The number of rotatable bonds is 5. The lowest BCUT2D eigenvalue weighted by Crippen LogP contribution is -2.26. The normalized spacial score (nSPS) is 11.9. The summed E-state index contributed by atoms with van der Waals surface area (Å²) in [6.07, 6.45) is 0. The molecule has 24 heavy (non-hydrogen) atoms. The molecule has 0 aromatic heterocycles. The Morgan fingerprint density at radius 1 is 0.750 bits per heavy atom. The van der Waals surface area contributed by atoms with E-state index >= 15 is 0 Å². The molecule has 0 saturated heterocycles. The van der Waals surface area contributed by atoms with Crippen LogP contribution in [0.5, 0.6) is 0 Å². The zero-order chi connectivity index (χ0) is 16.8. The molecule has 2 nitrogen and oxygen atoms in total. The van der Waals surface area contributed by atoms with Crippen molar-refractivity contribution in [2.24, 2.45) is 0 Å². The van der Waals surface area contributed by atoms with Crippen molar-refractivity contribution >= 4 is 0 Å². The average Bonchev–Trinajstić information content (AvgIpc) is 2.64. The molecule has 0 heterocycles. The lowest BCUT2D eigenvalue weighted by atomic mass is 9.96. The zero-order valence-corrected chi connectivity index (χ0v) is 13.7. The van der Waals surface area contributed by atoms with Crippen LogP contribution in [-0.4, -0.2) is 0 Å². The first-order valence-corrected chi connectivity index (χ1v) is 8.10. The van der Waals surface area contributed by atoms with Gasteiger partial charge >= 0.3 is 0 Å². The number of aryl methyl sites for hydroxylation is 1. The molecule has 0 bridgehead atoms. The summed E-state index contributed by atoms with van der Waals surface area (Å²) in [7, 11) is 0. The highest BCUT2D eigenvalue weighted by Crippen LogP contribution is 2.26. The van der Waals surface area contributed by atoms with E-state index in [-0.39, 0.29) is 12.1 Å². The van der Waals surface area contributed by atoms with Gasteiger partial charge < -0.3 is 0 Å². The van der Waals surface area contributed by atoms with Gasteiger partial charge in [-0.05, 0) is 23.6 Å². The molecule has 0 aliphatic rings. The van der Waals surface area contributed by atoms with Crippen LogP contribution in [0, 0.1) is 18.3 Å². The average molecular weight is 312 g/mol. The van der Waals surface area contributed by atoms with Gasteiger partial charge in [-0.25, -0.2) is 0 Å². The van der Waals surface area contributed by atoms with Gasteiger partial charge in [-0.2, -0.15) is 5.26 Å². The van der Waals surface area contributed by atoms with Crippen LogP contribution in [0.2, 0.25) is 0 Å². The Hall–Kier alpha value is -2.89. The van der Waals surface area contributed by atoms with Crippen LogP contribution in [0.3, 0.4) is 0 Å². The Morgan fingerprint density at radius 2 is 1.29 bits per heavy atom. The monoisotopic (exact) mass is 312 g/mol. The maximum atomic E-state index is 9.70. The van der Waals surface area contributed by atoms with Crippen molar-refractivity contribution in [2.45, 2.75) is 19.0 Å². The van der Waals surface area contributed by atoms with Crippen molar-refractivity contribution in [1.82, 2.24) is 5.32 Å². The van der Waals surface area contributed by atoms with E-state index in [9.17, 15) is 5.26 Å². The predicted molar refractivity (Wildman–Crippen MR) is 97.4 cm³/mol. The fourth-order valence-electron chi connectivity index (χ4n) is 2.90. The van der Waals surface area contributed by atoms with Gasteiger partial charge in [0.25, 0.3) is 0 Å². The topological polar surface area (TPSA) is 35.8 Å². The summed E-state index contributed by atoms with van der Waals surface area (Å²) in [6, 6.07) is 30.6. The maximum absolute atomic E-state index is 9.70. The van der Waals surface area contributed by atoms with Gasteiger partial charge in [0, 0.05) is 0 Å². The molecule has 0 saturated carbocycles. The number of nitrogens with zero attached hydrogens (tertiary/aromatic N) is 1. The van der Waals surface area contributed by atoms with Gasteiger partial charge in [0.15, 0.2) is 0 Å². The van der Waals surface area contributed by atoms with E-state index in [0.717, 1.165) is 22.3 Å². The van der Waals surface area contributed by atoms with Crippen LogP contribution in [0.1, 0.15) is 34.3 Å². The van der Waals surface area contributed by atoms with E-state index in [0.29, 0.717) is 0 Å². The summed E-state index contributed by atoms with van der Waals surface area (Å²) < 4.78 is 0. The third kappa shape index (κ3) is 3.71. The number of nitriles is 1. The molecular weight excluding hydrogens is 292 g/mol. The number of nitrogens with one attached hydrogen (secondary N) is 1. The second kappa shape index (κ2) is 7.59. The van der Waals surface area contributed by atoms with E-state index in [2.05, 4.69) is 41.7 Å². The highest BCUT2D eigenvalue weighted by atomic mass is 15.0. The minimum atomic E-state index is -0.365. The molecule has 2 heteroatoms. The predicted octanol–water partition coefficient (Wildman–Crippen LogP) is 4.94. The zero-order valence-electron chi connectivity index (χ0n) is 13.7. The second-order valence-electron chi connectivity index (χ2n) is 5.90. The first-order valence-electron chi connectivity index (χ1n) is 8.10. The minimum Gasteiger partial charge on any atom is -0.287 e. The van der Waals surface area contributed by atoms with E-state index in [1.807, 2.05) is 61.5 Å². The first kappa shape index (κ1) is 16.0. The minimum absolute atomic E-state index is 0.0300. The quantitative estimate of drug-likeness (QED) is 0.724. The van der Waals surface area contributed by atoms with Crippen molar-refractivity contribution in [2.75, 3.05) is 0 Å². The Morgan fingerprint density at radius 3 is 1.79 bits per heavy atom. The van der Waals surface area contributed by atoms with E-state index in [1.165, 1.54) is 0 Å². The second-order valence-corrected chi connectivity index (χ2v) is 5.90. The summed E-state index contributed by atoms with van der Waals surface area (Å²) in [5.74, 6) is 0. The molecule has 0 spiro atoms. The molecule has 3 aromatic carbocycles. The summed E-state index contributed by atoms with van der Waals surface area (Å²) in [6.45, 7) is 2.05. The third-order valence-corrected chi connectivity index (χ3v) is 4.10. The molecule has 0 aliphatic carbocycles. The van der Waals surface area contributed by atoms with Gasteiger partial charge in [-0.3, -0.25) is 5.32 Å². The fourth-order valence-corrected chi connectivity index (χ4v) is 2.90. The Balaban J connectivity index is 1.96. The molecule has 1 atom stereocenters. The van der Waals surface area contributed by atoms with Gasteiger partial charge in [-0.15, -0.1) is 0 Å². The van der Waals surface area contributed by atoms with E-state index in [4.69, 9.17) is 0 Å².